The molecule has 26 heavy (non-hydrogen) atoms. The highest BCUT2D eigenvalue weighted by Gasteiger charge is 2.31. The summed E-state index contributed by atoms with van der Waals surface area (Å²) in [7, 11) is -2.40. The molecule has 1 aromatic heterocycles. The number of hydrogen-bond acceptors (Lipinski definition) is 4. The molecule has 1 aromatic carbocycles. The summed E-state index contributed by atoms with van der Waals surface area (Å²) < 4.78 is 65.8. The Morgan fingerprint density at radius 3 is 2.62 bits per heavy atom. The number of nitrogens with zero attached hydrogens (tertiary/aromatic N) is 2. The first kappa shape index (κ1) is 19.9. The Bertz CT molecular complexity index is 878. The number of amides is 1. The third-order valence-corrected chi connectivity index (χ3v) is 4.78. The molecule has 0 radical (unpaired) electrons. The highest BCUT2D eigenvalue weighted by Crippen LogP contribution is 2.30. The number of carbonyl (C=O) groups is 1. The van der Waals surface area contributed by atoms with Gasteiger partial charge in [-0.3, -0.25) is 9.48 Å². The Hall–Kier alpha value is -2.40. The molecule has 142 valence electrons. The molecule has 7 nitrogen and oxygen atoms in total. The molecule has 0 aliphatic carbocycles. The lowest BCUT2D eigenvalue weighted by molar-refractivity contribution is -0.137. The largest absolute Gasteiger partial charge is 0.416 e. The zero-order valence-electron chi connectivity index (χ0n) is 13.7. The average molecular weight is 390 g/mol. The lowest BCUT2D eigenvalue weighted by Crippen LogP contribution is -2.26. The van der Waals surface area contributed by atoms with Gasteiger partial charge in [-0.05, 0) is 24.6 Å². The van der Waals surface area contributed by atoms with Crippen molar-refractivity contribution < 1.29 is 26.4 Å². The van der Waals surface area contributed by atoms with Crippen molar-refractivity contribution in [2.45, 2.75) is 23.9 Å². The number of benzene rings is 1. The number of carbonyl (C=O) groups excluding carboxylic acids is 1. The first-order valence-corrected chi connectivity index (χ1v) is 9.03. The van der Waals surface area contributed by atoms with E-state index in [-0.39, 0.29) is 25.3 Å². The molecule has 1 heterocycles. The van der Waals surface area contributed by atoms with Crippen LogP contribution in [0.2, 0.25) is 0 Å². The molecule has 2 aromatic rings. The fourth-order valence-electron chi connectivity index (χ4n) is 2.07. The molecule has 2 rings (SSSR count). The summed E-state index contributed by atoms with van der Waals surface area (Å²) in [6, 6.07) is 5.06. The van der Waals surface area contributed by atoms with E-state index in [0.717, 1.165) is 18.2 Å². The van der Waals surface area contributed by atoms with Gasteiger partial charge in [0.15, 0.2) is 5.82 Å². The van der Waals surface area contributed by atoms with E-state index < -0.39 is 26.7 Å². The van der Waals surface area contributed by atoms with Crippen LogP contribution < -0.4 is 10.0 Å². The van der Waals surface area contributed by atoms with E-state index in [1.54, 1.807) is 19.3 Å². The molecular weight excluding hydrogens is 373 g/mol. The van der Waals surface area contributed by atoms with Crippen molar-refractivity contribution in [2.24, 2.45) is 7.05 Å². The van der Waals surface area contributed by atoms with E-state index in [1.165, 1.54) is 4.68 Å². The smallest absolute Gasteiger partial charge is 0.309 e. The number of sulfonamides is 1. The zero-order valence-corrected chi connectivity index (χ0v) is 14.6. The van der Waals surface area contributed by atoms with Crippen molar-refractivity contribution in [1.29, 1.82) is 0 Å². The van der Waals surface area contributed by atoms with Gasteiger partial charge in [0.2, 0.25) is 15.9 Å². The summed E-state index contributed by atoms with van der Waals surface area (Å²) in [4.78, 5) is 11.2. The monoisotopic (exact) mass is 390 g/mol. The molecule has 0 bridgehead atoms. The number of rotatable bonds is 7. The van der Waals surface area contributed by atoms with Crippen molar-refractivity contribution in [3.63, 3.8) is 0 Å². The van der Waals surface area contributed by atoms with Gasteiger partial charge in [0.25, 0.3) is 0 Å². The summed E-state index contributed by atoms with van der Waals surface area (Å²) in [6.07, 6.45) is -2.77. The van der Waals surface area contributed by atoms with Crippen LogP contribution in [0, 0.1) is 0 Å². The van der Waals surface area contributed by atoms with Gasteiger partial charge in [0.1, 0.15) is 0 Å². The summed E-state index contributed by atoms with van der Waals surface area (Å²) in [6.45, 7) is -0.0891. The van der Waals surface area contributed by atoms with Gasteiger partial charge in [0, 0.05) is 32.3 Å². The van der Waals surface area contributed by atoms with Crippen LogP contribution in [0.3, 0.4) is 0 Å². The molecule has 0 aliphatic rings. The van der Waals surface area contributed by atoms with Gasteiger partial charge in [-0.25, -0.2) is 13.1 Å². The maximum Gasteiger partial charge on any atom is 0.416 e. The Labute approximate surface area is 148 Å². The second-order valence-corrected chi connectivity index (χ2v) is 7.22. The summed E-state index contributed by atoms with van der Waals surface area (Å²) in [5.74, 6) is 0.0315. The molecule has 0 aliphatic heterocycles. The van der Waals surface area contributed by atoms with Gasteiger partial charge in [-0.1, -0.05) is 6.07 Å². The summed E-state index contributed by atoms with van der Waals surface area (Å²) in [5.41, 5.74) is -1.05. The third kappa shape index (κ3) is 5.56. The molecule has 1 amide bonds. The number of alkyl halides is 3. The fraction of sp³-hybridized carbons (Fsp3) is 0.333. The predicted molar refractivity (Wildman–Crippen MR) is 87.7 cm³/mol. The van der Waals surface area contributed by atoms with E-state index in [9.17, 15) is 26.4 Å². The van der Waals surface area contributed by atoms with Crippen LogP contribution in [-0.2, 0) is 28.0 Å². The first-order valence-electron chi connectivity index (χ1n) is 7.54. The second kappa shape index (κ2) is 7.87. The molecule has 0 saturated carbocycles. The zero-order chi connectivity index (χ0) is 19.4. The third-order valence-electron chi connectivity index (χ3n) is 3.33. The van der Waals surface area contributed by atoms with Gasteiger partial charge in [-0.15, -0.1) is 0 Å². The van der Waals surface area contributed by atoms with E-state index in [4.69, 9.17) is 0 Å². The van der Waals surface area contributed by atoms with E-state index >= 15 is 0 Å². The second-order valence-electron chi connectivity index (χ2n) is 5.45. The maximum atomic E-state index is 12.7. The van der Waals surface area contributed by atoms with Crippen LogP contribution in [0.5, 0.6) is 0 Å². The highest BCUT2D eigenvalue weighted by atomic mass is 32.2. The van der Waals surface area contributed by atoms with Crippen molar-refractivity contribution in [3.05, 3.63) is 42.1 Å². The minimum atomic E-state index is -4.63. The molecule has 0 saturated heterocycles. The minimum Gasteiger partial charge on any atom is -0.309 e. The molecule has 0 atom stereocenters. The van der Waals surface area contributed by atoms with Crippen LogP contribution in [0.15, 0.2) is 41.4 Å². The Morgan fingerprint density at radius 2 is 2.00 bits per heavy atom. The standard InChI is InChI=1S/C15H17F3N4O3S/c1-22-9-7-13(21-22)20-14(23)6-3-8-19-26(24,25)12-5-2-4-11(10-12)15(16,17)18/h2,4-5,7,9-10,19H,3,6,8H2,1H3,(H,20,21,23). The van der Waals surface area contributed by atoms with E-state index in [2.05, 4.69) is 15.1 Å². The average Bonchev–Trinajstić information content (AvgIpc) is 2.96. The topological polar surface area (TPSA) is 93.1 Å². The molecule has 0 spiro atoms. The number of aromatic nitrogens is 2. The van der Waals surface area contributed by atoms with Crippen LogP contribution in [-0.4, -0.2) is 30.7 Å². The number of hydrogen-bond donors (Lipinski definition) is 2. The van der Waals surface area contributed by atoms with Gasteiger partial charge >= 0.3 is 6.18 Å². The van der Waals surface area contributed by atoms with E-state index in [0.29, 0.717) is 11.9 Å². The van der Waals surface area contributed by atoms with Gasteiger partial charge in [0.05, 0.1) is 10.5 Å². The lowest BCUT2D eigenvalue weighted by atomic mass is 10.2. The normalized spacial score (nSPS) is 12.2. The SMILES string of the molecule is Cn1ccc(NC(=O)CCCNS(=O)(=O)c2cccc(C(F)(F)F)c2)n1. The number of anilines is 1. The van der Waals surface area contributed by atoms with Crippen molar-refractivity contribution in [3.8, 4) is 0 Å². The first-order chi connectivity index (χ1) is 12.1. The van der Waals surface area contributed by atoms with E-state index in [1.807, 2.05) is 0 Å². The van der Waals surface area contributed by atoms with Crippen molar-refractivity contribution in [2.75, 3.05) is 11.9 Å². The van der Waals surface area contributed by atoms with Crippen LogP contribution in [0.4, 0.5) is 19.0 Å². The van der Waals surface area contributed by atoms with Gasteiger partial charge < -0.3 is 5.32 Å². The minimum absolute atomic E-state index is 0.0294. The Balaban J connectivity index is 1.85. The Kier molecular flexibility index (Phi) is 6.03. The lowest BCUT2D eigenvalue weighted by Gasteiger charge is -2.10. The predicted octanol–water partition coefficient (Wildman–Crippen LogP) is 2.14. The summed E-state index contributed by atoms with van der Waals surface area (Å²) >= 11 is 0. The fourth-order valence-corrected chi connectivity index (χ4v) is 3.19. The number of aryl methyl sites for hydroxylation is 1. The van der Waals surface area contributed by atoms with Crippen molar-refractivity contribution >= 4 is 21.7 Å². The maximum absolute atomic E-state index is 12.7. The summed E-state index contributed by atoms with van der Waals surface area (Å²) in [5, 5.41) is 6.51. The van der Waals surface area contributed by atoms with Crippen molar-refractivity contribution in [1.82, 2.24) is 14.5 Å². The molecular formula is C15H17F3N4O3S. The van der Waals surface area contributed by atoms with Crippen LogP contribution in [0.25, 0.3) is 0 Å². The quantitative estimate of drug-likeness (QED) is 0.709. The Morgan fingerprint density at radius 1 is 1.27 bits per heavy atom. The van der Waals surface area contributed by atoms with Crippen LogP contribution >= 0.6 is 0 Å². The van der Waals surface area contributed by atoms with Crippen LogP contribution in [0.1, 0.15) is 18.4 Å². The number of halogens is 3. The molecule has 2 N–H and O–H groups in total. The van der Waals surface area contributed by atoms with Gasteiger partial charge in [-0.2, -0.15) is 18.3 Å². The molecule has 0 fully saturated rings. The molecule has 11 heteroatoms. The highest BCUT2D eigenvalue weighted by molar-refractivity contribution is 7.89. The molecule has 0 unspecified atom stereocenters. The number of nitrogens with one attached hydrogen (secondary N) is 2.